The minimum Gasteiger partial charge on any atom is -0.491 e. The summed E-state index contributed by atoms with van der Waals surface area (Å²) < 4.78 is 53.1. The van der Waals surface area contributed by atoms with Gasteiger partial charge in [-0.15, -0.1) is 0 Å². The molecule has 0 aliphatic carbocycles. The van der Waals surface area contributed by atoms with Crippen LogP contribution in [0.25, 0.3) is 11.4 Å². The van der Waals surface area contributed by atoms with Gasteiger partial charge in [0.15, 0.2) is 5.82 Å². The number of alkyl halides is 2. The van der Waals surface area contributed by atoms with Gasteiger partial charge in [0.05, 0.1) is 12.1 Å². The van der Waals surface area contributed by atoms with E-state index in [1.165, 1.54) is 0 Å². The number of imidazole rings is 1. The first-order chi connectivity index (χ1) is 14.3. The second kappa shape index (κ2) is 7.43. The van der Waals surface area contributed by atoms with Gasteiger partial charge in [0, 0.05) is 11.8 Å². The lowest BCUT2D eigenvalue weighted by Gasteiger charge is -2.18. The summed E-state index contributed by atoms with van der Waals surface area (Å²) >= 11 is 0. The summed E-state index contributed by atoms with van der Waals surface area (Å²) in [7, 11) is 0. The molecule has 1 saturated heterocycles. The van der Waals surface area contributed by atoms with Crippen molar-refractivity contribution in [1.29, 1.82) is 0 Å². The van der Waals surface area contributed by atoms with Crippen LogP contribution in [0.15, 0.2) is 18.2 Å². The van der Waals surface area contributed by atoms with Crippen LogP contribution in [-0.2, 0) is 16.1 Å². The number of hydrogen-bond acceptors (Lipinski definition) is 6. The molecular formula is C18H18F3N5O4. The van der Waals surface area contributed by atoms with Gasteiger partial charge in [-0.2, -0.15) is 4.39 Å². The van der Waals surface area contributed by atoms with Crippen LogP contribution in [0.2, 0.25) is 0 Å². The summed E-state index contributed by atoms with van der Waals surface area (Å²) in [6.45, 7) is 1.17. The fraction of sp³-hybridized carbons (Fsp3) is 0.389. The van der Waals surface area contributed by atoms with Gasteiger partial charge in [-0.05, 0) is 19.1 Å². The zero-order valence-electron chi connectivity index (χ0n) is 15.8. The number of anilines is 2. The average Bonchev–Trinajstić information content (AvgIpc) is 3.16. The van der Waals surface area contributed by atoms with E-state index >= 15 is 4.39 Å². The van der Waals surface area contributed by atoms with Gasteiger partial charge >= 0.3 is 6.09 Å². The predicted octanol–water partition coefficient (Wildman–Crippen LogP) is 1.96. The molecular weight excluding hydrogens is 407 g/mol. The minimum absolute atomic E-state index is 0.0472. The summed E-state index contributed by atoms with van der Waals surface area (Å²) in [5.41, 5.74) is 6.19. The summed E-state index contributed by atoms with van der Waals surface area (Å²) in [6.07, 6.45) is -4.00. The fourth-order valence-electron chi connectivity index (χ4n) is 3.33. The van der Waals surface area contributed by atoms with E-state index in [9.17, 15) is 18.4 Å². The number of halogens is 3. The Labute approximate surface area is 168 Å². The molecule has 2 aromatic rings. The monoisotopic (exact) mass is 425 g/mol. The smallest absolute Gasteiger partial charge is 0.416 e. The third-order valence-electron chi connectivity index (χ3n) is 4.92. The SMILES string of the molecule is C[C@H](Nc1ccc2c(c1)OCCn1c-2nc(N2C(=O)OC[C@H]2C(F)F)c1F)C(N)=O. The molecule has 2 aliphatic rings. The molecule has 1 fully saturated rings. The molecule has 3 N–H and O–H groups in total. The Hall–Kier alpha value is -3.44. The molecule has 9 nitrogen and oxygen atoms in total. The maximum absolute atomic E-state index is 15.1. The van der Waals surface area contributed by atoms with Gasteiger partial charge in [0.1, 0.15) is 36.9 Å². The second-order valence-electron chi connectivity index (χ2n) is 6.88. The van der Waals surface area contributed by atoms with E-state index in [2.05, 4.69) is 15.0 Å². The third-order valence-corrected chi connectivity index (χ3v) is 4.92. The molecule has 0 bridgehead atoms. The van der Waals surface area contributed by atoms with E-state index in [-0.39, 0.29) is 19.0 Å². The Morgan fingerprint density at radius 3 is 2.83 bits per heavy atom. The van der Waals surface area contributed by atoms with Crippen LogP contribution in [0, 0.1) is 5.95 Å². The molecule has 160 valence electrons. The number of nitrogens with one attached hydrogen (secondary N) is 1. The summed E-state index contributed by atoms with van der Waals surface area (Å²) in [5.74, 6) is -1.52. The number of primary amides is 1. The Morgan fingerprint density at radius 1 is 1.37 bits per heavy atom. The predicted molar refractivity (Wildman–Crippen MR) is 99.0 cm³/mol. The van der Waals surface area contributed by atoms with Crippen molar-refractivity contribution in [2.45, 2.75) is 32.0 Å². The van der Waals surface area contributed by atoms with Crippen molar-refractivity contribution in [3.63, 3.8) is 0 Å². The van der Waals surface area contributed by atoms with Gasteiger partial charge in [-0.25, -0.2) is 23.5 Å². The highest BCUT2D eigenvalue weighted by molar-refractivity contribution is 5.90. The molecule has 1 aromatic carbocycles. The molecule has 2 aliphatic heterocycles. The second-order valence-corrected chi connectivity index (χ2v) is 6.88. The van der Waals surface area contributed by atoms with Gasteiger partial charge in [-0.1, -0.05) is 0 Å². The van der Waals surface area contributed by atoms with Crippen LogP contribution < -0.4 is 20.7 Å². The number of carbonyl (C=O) groups excluding carboxylic acids is 2. The molecule has 3 heterocycles. The van der Waals surface area contributed by atoms with Crippen LogP contribution >= 0.6 is 0 Å². The first-order valence-electron chi connectivity index (χ1n) is 9.11. The number of amides is 2. The Bertz CT molecular complexity index is 1010. The zero-order chi connectivity index (χ0) is 21.6. The van der Waals surface area contributed by atoms with Crippen molar-refractivity contribution in [3.8, 4) is 17.1 Å². The molecule has 1 aromatic heterocycles. The van der Waals surface area contributed by atoms with Gasteiger partial charge in [-0.3, -0.25) is 9.36 Å². The van der Waals surface area contributed by atoms with Gasteiger partial charge in [0.25, 0.3) is 6.43 Å². The van der Waals surface area contributed by atoms with Crippen LogP contribution in [0.4, 0.5) is 29.5 Å². The van der Waals surface area contributed by atoms with E-state index < -0.39 is 48.9 Å². The van der Waals surface area contributed by atoms with E-state index in [1.807, 2.05) is 0 Å². The highest BCUT2D eigenvalue weighted by atomic mass is 19.3. The molecule has 2 amide bonds. The number of carbonyl (C=O) groups is 2. The average molecular weight is 425 g/mol. The van der Waals surface area contributed by atoms with Gasteiger partial charge < -0.3 is 20.5 Å². The number of hydrogen-bond donors (Lipinski definition) is 2. The van der Waals surface area contributed by atoms with Crippen molar-refractivity contribution in [2.24, 2.45) is 5.73 Å². The van der Waals surface area contributed by atoms with Crippen molar-refractivity contribution < 1.29 is 32.2 Å². The molecule has 30 heavy (non-hydrogen) atoms. The summed E-state index contributed by atoms with van der Waals surface area (Å²) in [5, 5.41) is 2.91. The molecule has 12 heteroatoms. The number of aromatic nitrogens is 2. The van der Waals surface area contributed by atoms with E-state index in [0.29, 0.717) is 21.9 Å². The van der Waals surface area contributed by atoms with E-state index in [0.717, 1.165) is 4.57 Å². The standard InChI is InChI=1S/C18H18F3N5O4/c1-8(15(22)27)23-9-2-3-10-12(6-9)29-5-4-25-14(21)17(24-16(10)25)26-11(13(19)20)7-30-18(26)28/h2-3,6,8,11,13,23H,4-5,7H2,1H3,(H2,22,27)/t8-,11-/m0/s1. The van der Waals surface area contributed by atoms with Crippen LogP contribution in [0.3, 0.4) is 0 Å². The maximum Gasteiger partial charge on any atom is 0.416 e. The minimum atomic E-state index is -2.92. The van der Waals surface area contributed by atoms with Crippen LogP contribution in [0.5, 0.6) is 5.75 Å². The Morgan fingerprint density at radius 2 is 2.13 bits per heavy atom. The van der Waals surface area contributed by atoms with Crippen molar-refractivity contribution in [2.75, 3.05) is 23.4 Å². The number of nitrogens with two attached hydrogens (primary N) is 1. The van der Waals surface area contributed by atoms with Gasteiger partial charge in [0.2, 0.25) is 11.9 Å². The number of nitrogens with zero attached hydrogens (tertiary/aromatic N) is 3. The largest absolute Gasteiger partial charge is 0.491 e. The maximum atomic E-state index is 15.1. The number of benzene rings is 1. The van der Waals surface area contributed by atoms with Crippen LogP contribution in [-0.4, -0.2) is 53.3 Å². The zero-order valence-corrected chi connectivity index (χ0v) is 15.8. The normalized spacial score (nSPS) is 18.9. The number of fused-ring (bicyclic) bond motifs is 3. The Kier molecular flexibility index (Phi) is 4.92. The third kappa shape index (κ3) is 3.27. The van der Waals surface area contributed by atoms with E-state index in [1.54, 1.807) is 25.1 Å². The quantitative estimate of drug-likeness (QED) is 0.758. The lowest BCUT2D eigenvalue weighted by molar-refractivity contribution is -0.118. The molecule has 2 atom stereocenters. The summed E-state index contributed by atoms with van der Waals surface area (Å²) in [6, 6.07) is 2.56. The van der Waals surface area contributed by atoms with Crippen molar-refractivity contribution >= 4 is 23.5 Å². The fourth-order valence-corrected chi connectivity index (χ4v) is 3.33. The van der Waals surface area contributed by atoms with Crippen molar-refractivity contribution in [3.05, 3.63) is 24.1 Å². The topological polar surface area (TPSA) is 112 Å². The van der Waals surface area contributed by atoms with Crippen LogP contribution in [0.1, 0.15) is 6.92 Å². The highest BCUT2D eigenvalue weighted by Gasteiger charge is 2.44. The molecule has 0 unspecified atom stereocenters. The lowest BCUT2D eigenvalue weighted by atomic mass is 10.1. The number of rotatable bonds is 5. The molecule has 0 spiro atoms. The molecule has 0 radical (unpaired) electrons. The number of ether oxygens (including phenoxy) is 2. The van der Waals surface area contributed by atoms with E-state index in [4.69, 9.17) is 10.5 Å². The molecule has 4 rings (SSSR count). The van der Waals surface area contributed by atoms with Crippen molar-refractivity contribution in [1.82, 2.24) is 9.55 Å². The molecule has 0 saturated carbocycles. The first kappa shape index (κ1) is 19.9. The highest BCUT2D eigenvalue weighted by Crippen LogP contribution is 2.38. The lowest BCUT2D eigenvalue weighted by Crippen LogP contribution is -2.39. The number of cyclic esters (lactones) is 1. The Balaban J connectivity index is 1.74. The first-order valence-corrected chi connectivity index (χ1v) is 9.11. The summed E-state index contributed by atoms with van der Waals surface area (Å²) in [4.78, 5) is 27.9.